The first-order chi connectivity index (χ1) is 17.0. The van der Waals surface area contributed by atoms with Crippen LogP contribution in [0.2, 0.25) is 0 Å². The molecule has 1 saturated heterocycles. The number of H-pyrrole nitrogens is 1. The summed E-state index contributed by atoms with van der Waals surface area (Å²) in [4.78, 5) is 52.1. The van der Waals surface area contributed by atoms with Crippen molar-refractivity contribution in [1.29, 1.82) is 0 Å². The Labute approximate surface area is 202 Å². The summed E-state index contributed by atoms with van der Waals surface area (Å²) in [5.74, 6) is 1.13. The van der Waals surface area contributed by atoms with E-state index in [2.05, 4.69) is 30.6 Å². The molecule has 2 amide bonds. The Morgan fingerprint density at radius 1 is 0.971 bits per heavy atom. The van der Waals surface area contributed by atoms with Crippen molar-refractivity contribution < 1.29 is 14.3 Å². The molecule has 0 spiro atoms. The number of para-hydroxylation sites is 2. The summed E-state index contributed by atoms with van der Waals surface area (Å²) in [5, 5.41) is 5.41. The first-order valence-electron chi connectivity index (χ1n) is 10.6. The summed E-state index contributed by atoms with van der Waals surface area (Å²) in [7, 11) is 0. The normalized spacial score (nSPS) is 14.3. The maximum atomic E-state index is 12.3. The van der Waals surface area contributed by atoms with Gasteiger partial charge in [0, 0.05) is 19.0 Å². The van der Waals surface area contributed by atoms with Crippen molar-refractivity contribution in [1.82, 2.24) is 25.3 Å². The van der Waals surface area contributed by atoms with Crippen LogP contribution in [0.25, 0.3) is 17.0 Å². The van der Waals surface area contributed by atoms with E-state index in [9.17, 15) is 14.4 Å². The van der Waals surface area contributed by atoms with Crippen molar-refractivity contribution in [2.24, 2.45) is 0 Å². The number of imide groups is 1. The zero-order valence-electron chi connectivity index (χ0n) is 18.1. The maximum Gasteiger partial charge on any atom is 0.290 e. The number of hydrogen-bond acceptors (Lipinski definition) is 9. The van der Waals surface area contributed by atoms with Crippen LogP contribution in [0.3, 0.4) is 0 Å². The quantitative estimate of drug-likeness (QED) is 0.335. The topological polar surface area (TPSA) is 139 Å². The Balaban J connectivity index is 1.37. The Bertz CT molecular complexity index is 1520. The number of carbonyl (C=O) groups is 2. The van der Waals surface area contributed by atoms with Gasteiger partial charge in [-0.25, -0.2) is 9.97 Å². The third-order valence-corrected chi connectivity index (χ3v) is 5.73. The molecule has 10 nitrogen and oxygen atoms in total. The summed E-state index contributed by atoms with van der Waals surface area (Å²) in [6, 6.07) is 17.8. The molecule has 2 aromatic carbocycles. The van der Waals surface area contributed by atoms with E-state index >= 15 is 0 Å². The fourth-order valence-electron chi connectivity index (χ4n) is 3.36. The lowest BCUT2D eigenvalue weighted by atomic mass is 10.2. The van der Waals surface area contributed by atoms with Crippen LogP contribution < -0.4 is 20.9 Å². The molecule has 0 unspecified atom stereocenters. The molecule has 3 heterocycles. The van der Waals surface area contributed by atoms with E-state index in [1.807, 2.05) is 24.3 Å². The largest absolute Gasteiger partial charge is 0.439 e. The van der Waals surface area contributed by atoms with E-state index in [0.717, 1.165) is 11.8 Å². The lowest BCUT2D eigenvalue weighted by molar-refractivity contribution is -0.115. The van der Waals surface area contributed by atoms with Crippen LogP contribution >= 0.6 is 11.8 Å². The first kappa shape index (κ1) is 22.3. The number of anilines is 1. The number of thioether (sulfide) groups is 1. The standard InChI is InChI=1S/C24H18N6O4S/c31-21-16-8-4-5-9-17(16)27-19(28-21)10-11-25-23-26-14(12-18-22(32)30-24(33)35-18)13-20(29-23)34-15-6-2-1-3-7-15/h1-9,12-13H,10-11H2,(H,25,26,29)(H,27,28,31)(H,30,32,33)/b18-12+. The number of nitrogens with one attached hydrogen (secondary N) is 3. The Kier molecular flexibility index (Phi) is 6.22. The van der Waals surface area contributed by atoms with Crippen LogP contribution in [0.1, 0.15) is 11.5 Å². The second-order valence-electron chi connectivity index (χ2n) is 7.43. The molecule has 174 valence electrons. The number of aromatic nitrogens is 4. The fraction of sp³-hybridized carbons (Fsp3) is 0.0833. The van der Waals surface area contributed by atoms with Crippen molar-refractivity contribution in [3.05, 3.63) is 87.4 Å². The van der Waals surface area contributed by atoms with Gasteiger partial charge in [0.05, 0.1) is 21.5 Å². The number of nitrogens with zero attached hydrogens (tertiary/aromatic N) is 3. The van der Waals surface area contributed by atoms with Crippen LogP contribution in [0.4, 0.5) is 10.7 Å². The lowest BCUT2D eigenvalue weighted by Crippen LogP contribution is -2.18. The van der Waals surface area contributed by atoms with Gasteiger partial charge in [-0.1, -0.05) is 30.3 Å². The Morgan fingerprint density at radius 2 is 1.77 bits per heavy atom. The first-order valence-corrected chi connectivity index (χ1v) is 11.4. The third-order valence-electron chi connectivity index (χ3n) is 4.92. The van der Waals surface area contributed by atoms with Crippen LogP contribution in [0.5, 0.6) is 11.6 Å². The van der Waals surface area contributed by atoms with Gasteiger partial charge in [-0.05, 0) is 42.1 Å². The average Bonchev–Trinajstić information content (AvgIpc) is 3.16. The predicted molar refractivity (Wildman–Crippen MR) is 132 cm³/mol. The lowest BCUT2D eigenvalue weighted by Gasteiger charge is -2.10. The molecular formula is C24H18N6O4S. The highest BCUT2D eigenvalue weighted by Gasteiger charge is 2.25. The van der Waals surface area contributed by atoms with Crippen molar-refractivity contribution in [3.8, 4) is 11.6 Å². The SMILES string of the molecule is O=C1NC(=O)/C(=C\c2cc(Oc3ccccc3)nc(NCCc3nc4ccccc4c(=O)[nH]3)n2)S1. The summed E-state index contributed by atoms with van der Waals surface area (Å²) in [6.07, 6.45) is 1.91. The van der Waals surface area contributed by atoms with Crippen LogP contribution in [-0.2, 0) is 11.2 Å². The minimum Gasteiger partial charge on any atom is -0.439 e. The predicted octanol–water partition coefficient (Wildman–Crippen LogP) is 3.48. The van der Waals surface area contributed by atoms with Gasteiger partial charge in [0.15, 0.2) is 0 Å². The van der Waals surface area contributed by atoms with Crippen LogP contribution in [0, 0.1) is 0 Å². The summed E-state index contributed by atoms with van der Waals surface area (Å²) in [5.41, 5.74) is 0.811. The molecule has 0 saturated carbocycles. The van der Waals surface area contributed by atoms with E-state index < -0.39 is 11.1 Å². The highest BCUT2D eigenvalue weighted by molar-refractivity contribution is 8.18. The number of rotatable bonds is 7. The Morgan fingerprint density at radius 3 is 2.57 bits per heavy atom. The van der Waals surface area contributed by atoms with Gasteiger partial charge < -0.3 is 15.0 Å². The maximum absolute atomic E-state index is 12.3. The highest BCUT2D eigenvalue weighted by Crippen LogP contribution is 2.27. The number of fused-ring (bicyclic) bond motifs is 1. The zero-order chi connectivity index (χ0) is 24.2. The molecule has 1 aliphatic heterocycles. The third kappa shape index (κ3) is 5.36. The average molecular weight is 487 g/mol. The molecule has 2 aromatic heterocycles. The number of hydrogen-bond donors (Lipinski definition) is 3. The molecule has 0 aliphatic carbocycles. The summed E-state index contributed by atoms with van der Waals surface area (Å²) < 4.78 is 5.85. The van der Waals surface area contributed by atoms with E-state index in [1.165, 1.54) is 6.08 Å². The molecule has 0 atom stereocenters. The van der Waals surface area contributed by atoms with Crippen molar-refractivity contribution in [2.45, 2.75) is 6.42 Å². The van der Waals surface area contributed by atoms with Gasteiger partial charge in [0.1, 0.15) is 11.6 Å². The Hall–Kier alpha value is -4.51. The van der Waals surface area contributed by atoms with Crippen LogP contribution in [0.15, 0.2) is 70.4 Å². The molecule has 4 aromatic rings. The monoisotopic (exact) mass is 486 g/mol. The van der Waals surface area contributed by atoms with E-state index in [4.69, 9.17) is 4.74 Å². The highest BCUT2D eigenvalue weighted by atomic mass is 32.2. The minimum absolute atomic E-state index is 0.198. The number of carbonyl (C=O) groups excluding carboxylic acids is 2. The van der Waals surface area contributed by atoms with E-state index in [-0.39, 0.29) is 22.3 Å². The molecule has 11 heteroatoms. The molecule has 1 aliphatic rings. The van der Waals surface area contributed by atoms with Gasteiger partial charge in [0.25, 0.3) is 16.7 Å². The molecule has 1 fully saturated rings. The van der Waals surface area contributed by atoms with Gasteiger partial charge >= 0.3 is 0 Å². The second-order valence-corrected chi connectivity index (χ2v) is 8.44. The molecule has 5 rings (SSSR count). The molecule has 0 radical (unpaired) electrons. The summed E-state index contributed by atoms with van der Waals surface area (Å²) in [6.45, 7) is 0.375. The smallest absolute Gasteiger partial charge is 0.290 e. The number of amides is 2. The van der Waals surface area contributed by atoms with Crippen molar-refractivity contribution >= 4 is 45.8 Å². The van der Waals surface area contributed by atoms with Gasteiger partial charge in [0.2, 0.25) is 11.8 Å². The molecular weight excluding hydrogens is 468 g/mol. The van der Waals surface area contributed by atoms with Gasteiger partial charge in [-0.15, -0.1) is 0 Å². The zero-order valence-corrected chi connectivity index (χ0v) is 19.0. The minimum atomic E-state index is -0.481. The van der Waals surface area contributed by atoms with Crippen LogP contribution in [-0.4, -0.2) is 37.6 Å². The molecule has 35 heavy (non-hydrogen) atoms. The van der Waals surface area contributed by atoms with Gasteiger partial charge in [-0.3, -0.25) is 19.7 Å². The fourth-order valence-corrected chi connectivity index (χ4v) is 4.03. The number of ether oxygens (including phenoxy) is 1. The second kappa shape index (κ2) is 9.77. The number of benzene rings is 2. The van der Waals surface area contributed by atoms with Gasteiger partial charge in [-0.2, -0.15) is 4.98 Å². The van der Waals surface area contributed by atoms with Crippen molar-refractivity contribution in [2.75, 3.05) is 11.9 Å². The summed E-state index contributed by atoms with van der Waals surface area (Å²) >= 11 is 0.799. The van der Waals surface area contributed by atoms with E-state index in [0.29, 0.717) is 41.1 Å². The van der Waals surface area contributed by atoms with Crippen molar-refractivity contribution in [3.63, 3.8) is 0 Å². The van der Waals surface area contributed by atoms with E-state index in [1.54, 1.807) is 36.4 Å². The molecule has 3 N–H and O–H groups in total. The number of aromatic amines is 1. The molecule has 0 bridgehead atoms.